The average molecular weight is 547 g/mol. The monoisotopic (exact) mass is 546 g/mol. The van der Waals surface area contributed by atoms with Crippen LogP contribution < -0.4 is 15.4 Å². The first-order valence-corrected chi connectivity index (χ1v) is 11.6. The molecule has 10 heteroatoms. The summed E-state index contributed by atoms with van der Waals surface area (Å²) in [6, 6.07) is 22.0. The van der Waals surface area contributed by atoms with Crippen LogP contribution in [0.15, 0.2) is 72.8 Å². The molecule has 0 bridgehead atoms. The van der Waals surface area contributed by atoms with Crippen LogP contribution in [0.1, 0.15) is 21.7 Å². The van der Waals surface area contributed by atoms with Gasteiger partial charge in [0.2, 0.25) is 0 Å². The van der Waals surface area contributed by atoms with E-state index < -0.39 is 6.10 Å². The molecule has 0 aliphatic heterocycles. The van der Waals surface area contributed by atoms with Gasteiger partial charge in [-0.1, -0.05) is 30.3 Å². The number of benzene rings is 3. The molecular weight excluding hydrogens is 515 g/mol. The normalized spacial score (nSPS) is 12.2. The third-order valence-corrected chi connectivity index (χ3v) is 5.61. The highest BCUT2D eigenvalue weighted by molar-refractivity contribution is 6.05. The van der Waals surface area contributed by atoms with Gasteiger partial charge in [-0.2, -0.15) is 0 Å². The number of imidazole rings is 1. The lowest BCUT2D eigenvalue weighted by molar-refractivity contribution is 0.0997. The molecule has 4 rings (SSSR count). The zero-order chi connectivity index (χ0) is 24.6. The molecule has 0 fully saturated rings. The first-order chi connectivity index (χ1) is 17.0. The average Bonchev–Trinajstić information content (AvgIpc) is 3.26. The van der Waals surface area contributed by atoms with Crippen molar-refractivity contribution in [1.29, 1.82) is 0 Å². The van der Waals surface area contributed by atoms with Crippen LogP contribution in [0.25, 0.3) is 11.0 Å². The summed E-state index contributed by atoms with van der Waals surface area (Å²) in [7, 11) is 0. The fraction of sp³-hybridized carbons (Fsp3) is 0.259. The van der Waals surface area contributed by atoms with Gasteiger partial charge in [0.1, 0.15) is 24.3 Å². The lowest BCUT2D eigenvalue weighted by atomic mass is 10.1. The molecule has 1 amide bonds. The molecule has 0 aliphatic carbocycles. The van der Waals surface area contributed by atoms with Crippen LogP contribution in [0.2, 0.25) is 0 Å². The number of carbonyl (C=O) groups excluding carboxylic acids is 1. The molecule has 8 nitrogen and oxygen atoms in total. The van der Waals surface area contributed by atoms with E-state index in [1.807, 2.05) is 67.6 Å². The highest BCUT2D eigenvalue weighted by Gasteiger charge is 2.13. The number of nitrogens with one attached hydrogen (secondary N) is 3. The Morgan fingerprint density at radius 2 is 1.78 bits per heavy atom. The number of nitrogens with zero attached hydrogens (tertiary/aromatic N) is 1. The molecule has 4 aromatic rings. The Hall–Kier alpha value is -3.14. The third-order valence-electron chi connectivity index (χ3n) is 5.61. The van der Waals surface area contributed by atoms with Gasteiger partial charge in [0.15, 0.2) is 0 Å². The molecule has 0 unspecified atom stereocenters. The van der Waals surface area contributed by atoms with E-state index in [0.717, 1.165) is 22.4 Å². The quantitative estimate of drug-likeness (QED) is 0.194. The van der Waals surface area contributed by atoms with E-state index in [4.69, 9.17) is 4.74 Å². The van der Waals surface area contributed by atoms with Crippen LogP contribution in [0.5, 0.6) is 5.75 Å². The Morgan fingerprint density at radius 3 is 2.49 bits per heavy atom. The van der Waals surface area contributed by atoms with Crippen molar-refractivity contribution in [2.45, 2.75) is 25.5 Å². The van der Waals surface area contributed by atoms with Gasteiger partial charge in [-0.25, -0.2) is 4.98 Å². The van der Waals surface area contributed by atoms with Gasteiger partial charge in [-0.05, 0) is 61.4 Å². The van der Waals surface area contributed by atoms with Crippen molar-refractivity contribution in [2.24, 2.45) is 0 Å². The summed E-state index contributed by atoms with van der Waals surface area (Å²) in [4.78, 5) is 20.2. The first-order valence-electron chi connectivity index (χ1n) is 11.6. The molecule has 1 aromatic heterocycles. The number of para-hydroxylation sites is 1. The van der Waals surface area contributed by atoms with Crippen molar-refractivity contribution in [3.05, 3.63) is 89.7 Å². The molecule has 3 aromatic carbocycles. The topological polar surface area (TPSA) is 120 Å². The van der Waals surface area contributed by atoms with Crippen molar-refractivity contribution in [3.63, 3.8) is 0 Å². The van der Waals surface area contributed by atoms with Gasteiger partial charge in [0.05, 0.1) is 17.6 Å². The predicted octanol–water partition coefficient (Wildman–Crippen LogP) is 3.90. The van der Waals surface area contributed by atoms with Gasteiger partial charge >= 0.3 is 0 Å². The summed E-state index contributed by atoms with van der Waals surface area (Å²) in [6.07, 6.45) is -0.127. The maximum atomic E-state index is 12.6. The number of anilines is 1. The molecule has 0 saturated heterocycles. The van der Waals surface area contributed by atoms with Crippen LogP contribution in [-0.4, -0.2) is 58.0 Å². The molecule has 2 atom stereocenters. The number of aryl methyl sites for hydroxylation is 1. The number of hydrogen-bond acceptors (Lipinski definition) is 6. The number of ether oxygens (including phenoxy) is 1. The van der Waals surface area contributed by atoms with E-state index >= 15 is 0 Å². The summed E-state index contributed by atoms with van der Waals surface area (Å²) in [6.45, 7) is 2.27. The second-order valence-electron chi connectivity index (χ2n) is 8.47. The zero-order valence-corrected chi connectivity index (χ0v) is 22.0. The van der Waals surface area contributed by atoms with E-state index in [1.54, 1.807) is 12.1 Å². The van der Waals surface area contributed by atoms with E-state index in [2.05, 4.69) is 20.6 Å². The van der Waals surface area contributed by atoms with Crippen LogP contribution >= 0.6 is 24.8 Å². The number of aromatic amines is 1. The summed E-state index contributed by atoms with van der Waals surface area (Å²) in [5, 5.41) is 26.0. The third kappa shape index (κ3) is 8.73. The number of H-pyrrole nitrogens is 1. The highest BCUT2D eigenvalue weighted by Crippen LogP contribution is 2.17. The Balaban J connectivity index is 0.00000241. The van der Waals surface area contributed by atoms with Crippen molar-refractivity contribution < 1.29 is 19.7 Å². The summed E-state index contributed by atoms with van der Waals surface area (Å²) in [5.41, 5.74) is 3.86. The number of rotatable bonds is 11. The second kappa shape index (κ2) is 14.6. The number of aliphatic hydroxyl groups is 2. The van der Waals surface area contributed by atoms with Crippen molar-refractivity contribution in [2.75, 3.05) is 25.1 Å². The van der Waals surface area contributed by atoms with Gasteiger partial charge < -0.3 is 30.6 Å². The van der Waals surface area contributed by atoms with Gasteiger partial charge in [0, 0.05) is 23.8 Å². The number of aliphatic hydroxyl groups excluding tert-OH is 2. The molecule has 0 spiro atoms. The Morgan fingerprint density at radius 1 is 1.05 bits per heavy atom. The molecule has 1 heterocycles. The molecule has 0 radical (unpaired) electrons. The standard InChI is InChI=1S/C27H30N4O4.2ClH/c1-18-29-25-12-9-20(14-26(25)30-18)27(34)31-21-10-7-19(8-11-21)13-22(16-32)28-15-23(33)17-35-24-5-3-2-4-6-24;;/h2-12,14,22-23,28,32-33H,13,15-17H2,1H3,(H,29,30)(H,31,34);2*1H/t22-,23-;;/m0../s1. The second-order valence-corrected chi connectivity index (χ2v) is 8.47. The maximum Gasteiger partial charge on any atom is 0.255 e. The lowest BCUT2D eigenvalue weighted by Gasteiger charge is -2.19. The summed E-state index contributed by atoms with van der Waals surface area (Å²) >= 11 is 0. The number of halogens is 2. The number of hydrogen-bond donors (Lipinski definition) is 5. The number of fused-ring (bicyclic) bond motifs is 1. The van der Waals surface area contributed by atoms with Crippen LogP contribution in [0.3, 0.4) is 0 Å². The van der Waals surface area contributed by atoms with Crippen molar-refractivity contribution in [1.82, 2.24) is 15.3 Å². The lowest BCUT2D eigenvalue weighted by Crippen LogP contribution is -2.41. The molecule has 0 aliphatic rings. The Bertz CT molecular complexity index is 1250. The largest absolute Gasteiger partial charge is 0.491 e. The first kappa shape index (κ1) is 30.1. The van der Waals surface area contributed by atoms with E-state index in [1.165, 1.54) is 0 Å². The summed E-state index contributed by atoms with van der Waals surface area (Å²) in [5.74, 6) is 1.30. The molecule has 0 saturated carbocycles. The van der Waals surface area contributed by atoms with Gasteiger partial charge in [-0.3, -0.25) is 4.79 Å². The van der Waals surface area contributed by atoms with E-state index in [0.29, 0.717) is 30.0 Å². The van der Waals surface area contributed by atoms with E-state index in [9.17, 15) is 15.0 Å². The van der Waals surface area contributed by atoms with Gasteiger partial charge in [0.25, 0.3) is 5.91 Å². The minimum atomic E-state index is -0.702. The van der Waals surface area contributed by atoms with Crippen LogP contribution in [-0.2, 0) is 6.42 Å². The van der Waals surface area contributed by atoms with Crippen molar-refractivity contribution in [3.8, 4) is 5.75 Å². The SMILES string of the molecule is Cc1nc2cc(C(=O)Nc3ccc(C[C@@H](CO)NC[C@H](O)COc4ccccc4)cc3)ccc2[nH]1.Cl.Cl. The molecule has 5 N–H and O–H groups in total. The zero-order valence-electron chi connectivity index (χ0n) is 20.4. The number of amides is 1. The van der Waals surface area contributed by atoms with E-state index in [-0.39, 0.29) is 50.0 Å². The Kier molecular flexibility index (Phi) is 11.8. The smallest absolute Gasteiger partial charge is 0.255 e. The minimum Gasteiger partial charge on any atom is -0.491 e. The number of carbonyl (C=O) groups is 1. The van der Waals surface area contributed by atoms with Crippen LogP contribution in [0.4, 0.5) is 5.69 Å². The maximum absolute atomic E-state index is 12.6. The minimum absolute atomic E-state index is 0. The number of aromatic nitrogens is 2. The molecular formula is C27H32Cl2N4O4. The summed E-state index contributed by atoms with van der Waals surface area (Å²) < 4.78 is 5.56. The van der Waals surface area contributed by atoms with Gasteiger partial charge in [-0.15, -0.1) is 24.8 Å². The van der Waals surface area contributed by atoms with Crippen molar-refractivity contribution >= 4 is 47.4 Å². The fourth-order valence-corrected chi connectivity index (χ4v) is 3.76. The van der Waals surface area contributed by atoms with Crippen LogP contribution in [0, 0.1) is 6.92 Å². The molecule has 37 heavy (non-hydrogen) atoms. The Labute approximate surface area is 228 Å². The highest BCUT2D eigenvalue weighted by atomic mass is 35.5. The fourth-order valence-electron chi connectivity index (χ4n) is 3.76. The predicted molar refractivity (Wildman–Crippen MR) is 150 cm³/mol. The molecule has 198 valence electrons.